The molecule has 0 aliphatic carbocycles. The summed E-state index contributed by atoms with van der Waals surface area (Å²) in [6.45, 7) is -0.477. The molecule has 0 fully saturated rings. The second kappa shape index (κ2) is 10.8. The van der Waals surface area contributed by atoms with Gasteiger partial charge in [-0.25, -0.2) is 23.9 Å². The zero-order valence-corrected chi connectivity index (χ0v) is 19.4. The van der Waals surface area contributed by atoms with Crippen LogP contribution in [0.2, 0.25) is 5.02 Å². The van der Waals surface area contributed by atoms with E-state index in [0.29, 0.717) is 16.5 Å². The van der Waals surface area contributed by atoms with E-state index in [1.165, 1.54) is 22.8 Å². The van der Waals surface area contributed by atoms with E-state index in [1.54, 1.807) is 48.5 Å². The number of ether oxygens (including phenoxy) is 1. The van der Waals surface area contributed by atoms with Gasteiger partial charge in [0.15, 0.2) is 5.69 Å². The van der Waals surface area contributed by atoms with Gasteiger partial charge in [-0.3, -0.25) is 4.57 Å². The molecule has 2 aromatic carbocycles. The molecule has 3 N–H and O–H groups in total. The molecule has 0 saturated heterocycles. The first-order valence-corrected chi connectivity index (χ1v) is 11.0. The number of nitrogens with zero attached hydrogens (tertiary/aromatic N) is 4. The van der Waals surface area contributed by atoms with Crippen molar-refractivity contribution in [3.05, 3.63) is 104 Å². The highest BCUT2D eigenvalue weighted by molar-refractivity contribution is 6.30. The lowest BCUT2D eigenvalue weighted by atomic mass is 10.2. The van der Waals surface area contributed by atoms with Crippen LogP contribution in [0.15, 0.2) is 76.3 Å². The Balaban J connectivity index is 1.61. The van der Waals surface area contributed by atoms with E-state index in [-0.39, 0.29) is 30.6 Å². The normalized spacial score (nSPS) is 10.7. The number of aliphatic hydroxyl groups excluding tert-OH is 1. The van der Waals surface area contributed by atoms with Crippen molar-refractivity contribution in [2.45, 2.75) is 13.1 Å². The lowest BCUT2D eigenvalue weighted by Crippen LogP contribution is -2.43. The molecule has 4 aromatic rings. The predicted octanol–water partition coefficient (Wildman–Crippen LogP) is 2.73. The Kier molecular flexibility index (Phi) is 7.42. The summed E-state index contributed by atoms with van der Waals surface area (Å²) in [7, 11) is 0. The van der Waals surface area contributed by atoms with Gasteiger partial charge in [0.1, 0.15) is 5.75 Å². The molecule has 2 heterocycles. The Morgan fingerprint density at radius 2 is 1.69 bits per heavy atom. The predicted molar refractivity (Wildman–Crippen MR) is 131 cm³/mol. The summed E-state index contributed by atoms with van der Waals surface area (Å²) in [5.41, 5.74) is -0.323. The Bertz CT molecular complexity index is 1500. The van der Waals surface area contributed by atoms with Crippen molar-refractivity contribution in [3.8, 4) is 11.6 Å². The summed E-state index contributed by atoms with van der Waals surface area (Å²) in [4.78, 5) is 44.5. The van der Waals surface area contributed by atoms with Crippen LogP contribution in [-0.2, 0) is 13.1 Å². The highest BCUT2D eigenvalue weighted by atomic mass is 35.5. The Morgan fingerprint density at radius 3 is 2.36 bits per heavy atom. The lowest BCUT2D eigenvalue weighted by molar-refractivity contribution is 0.0689. The highest BCUT2D eigenvalue weighted by Crippen LogP contribution is 2.23. The first-order chi connectivity index (χ1) is 17.3. The molecular weight excluding hydrogens is 490 g/mol. The fourth-order valence-electron chi connectivity index (χ4n) is 3.28. The zero-order valence-electron chi connectivity index (χ0n) is 18.7. The number of aromatic carboxylic acids is 1. The van der Waals surface area contributed by atoms with Crippen molar-refractivity contribution in [2.75, 3.05) is 11.9 Å². The molecule has 0 bridgehead atoms. The van der Waals surface area contributed by atoms with Crippen LogP contribution in [0, 0.1) is 0 Å². The minimum atomic E-state index is -1.17. The summed E-state index contributed by atoms with van der Waals surface area (Å²) in [6, 6.07) is 17.7. The second-order valence-electron chi connectivity index (χ2n) is 7.51. The number of anilines is 2. The topological polar surface area (TPSA) is 149 Å². The average molecular weight is 510 g/mol. The van der Waals surface area contributed by atoms with E-state index < -0.39 is 24.0 Å². The molecule has 0 radical (unpaired) electrons. The van der Waals surface area contributed by atoms with E-state index >= 15 is 0 Å². The molecule has 2 aromatic heterocycles. The van der Waals surface area contributed by atoms with Crippen molar-refractivity contribution in [3.63, 3.8) is 0 Å². The van der Waals surface area contributed by atoms with E-state index in [4.69, 9.17) is 21.4 Å². The number of aliphatic hydroxyl groups is 1. The van der Waals surface area contributed by atoms with Gasteiger partial charge in [0.05, 0.1) is 19.7 Å². The highest BCUT2D eigenvalue weighted by Gasteiger charge is 2.14. The average Bonchev–Trinajstić information content (AvgIpc) is 2.86. The number of rotatable bonds is 9. The molecule has 0 spiro atoms. The Morgan fingerprint density at radius 1 is 0.972 bits per heavy atom. The van der Waals surface area contributed by atoms with Crippen LogP contribution < -0.4 is 21.4 Å². The summed E-state index contributed by atoms with van der Waals surface area (Å²) in [5, 5.41) is 21.8. The number of hydrogen-bond acceptors (Lipinski definition) is 8. The van der Waals surface area contributed by atoms with Crippen LogP contribution in [0.3, 0.4) is 0 Å². The van der Waals surface area contributed by atoms with Gasteiger partial charge in [-0.15, -0.1) is 0 Å². The molecule has 12 heteroatoms. The van der Waals surface area contributed by atoms with Crippen LogP contribution >= 0.6 is 11.6 Å². The van der Waals surface area contributed by atoms with Crippen LogP contribution in [0.5, 0.6) is 11.6 Å². The smallest absolute Gasteiger partial charge is 0.355 e. The first kappa shape index (κ1) is 24.6. The molecule has 0 unspecified atom stereocenters. The van der Waals surface area contributed by atoms with Crippen LogP contribution in [0.4, 0.5) is 11.6 Å². The molecule has 0 atom stereocenters. The zero-order chi connectivity index (χ0) is 25.7. The molecule has 0 aliphatic rings. The molecule has 184 valence electrons. The van der Waals surface area contributed by atoms with Gasteiger partial charge < -0.3 is 20.3 Å². The molecule has 0 saturated carbocycles. The number of nitrogens with one attached hydrogen (secondary N) is 1. The summed E-state index contributed by atoms with van der Waals surface area (Å²) < 4.78 is 7.75. The van der Waals surface area contributed by atoms with Gasteiger partial charge in [0, 0.05) is 16.8 Å². The standard InChI is InChI=1S/C24H20ClN5O6/c25-16-6-4-15(5-7-16)14-30-22(28-23(34)29(12-13-31)24(30)35)26-17-8-10-18(11-9-17)36-20-3-1-2-19(27-20)21(32)33/h1-11,31H,12-14H2,(H,32,33)(H,26,28,34). The van der Waals surface area contributed by atoms with Gasteiger partial charge in [-0.05, 0) is 48.0 Å². The largest absolute Gasteiger partial charge is 0.477 e. The number of carboxylic acid groups (broad SMARTS) is 1. The Hall–Kier alpha value is -4.48. The van der Waals surface area contributed by atoms with E-state index in [1.807, 2.05) is 0 Å². The minimum Gasteiger partial charge on any atom is -0.477 e. The van der Waals surface area contributed by atoms with Crippen molar-refractivity contribution < 1.29 is 19.7 Å². The minimum absolute atomic E-state index is 0.0126. The Labute approximate surface area is 208 Å². The van der Waals surface area contributed by atoms with E-state index in [2.05, 4.69) is 15.3 Å². The van der Waals surface area contributed by atoms with E-state index in [0.717, 1.165) is 10.1 Å². The summed E-state index contributed by atoms with van der Waals surface area (Å²) in [6.07, 6.45) is 0. The second-order valence-corrected chi connectivity index (χ2v) is 7.94. The molecule has 0 aliphatic heterocycles. The molecule has 0 amide bonds. The quantitative estimate of drug-likeness (QED) is 0.309. The van der Waals surface area contributed by atoms with Gasteiger partial charge >= 0.3 is 17.3 Å². The number of hydrogen-bond donors (Lipinski definition) is 3. The summed E-state index contributed by atoms with van der Waals surface area (Å²) in [5.74, 6) is -0.654. The fraction of sp³-hybridized carbons (Fsp3) is 0.125. The van der Waals surface area contributed by atoms with Crippen molar-refractivity contribution in [2.24, 2.45) is 0 Å². The van der Waals surface area contributed by atoms with Crippen LogP contribution in [-0.4, -0.2) is 41.9 Å². The SMILES string of the molecule is O=C(O)c1cccc(Oc2ccc(Nc3nc(=O)n(CCO)c(=O)n3Cc3ccc(Cl)cc3)cc2)n1. The molecule has 36 heavy (non-hydrogen) atoms. The maximum absolute atomic E-state index is 13.0. The van der Waals surface area contributed by atoms with Crippen LogP contribution in [0.1, 0.15) is 16.1 Å². The monoisotopic (exact) mass is 509 g/mol. The van der Waals surface area contributed by atoms with Gasteiger partial charge in [-0.1, -0.05) is 29.8 Å². The molecular formula is C24H20ClN5O6. The molecule has 11 nitrogen and oxygen atoms in total. The maximum Gasteiger partial charge on any atom is 0.355 e. The third kappa shape index (κ3) is 5.77. The van der Waals surface area contributed by atoms with Gasteiger partial charge in [-0.2, -0.15) is 4.98 Å². The third-order valence-electron chi connectivity index (χ3n) is 5.00. The van der Waals surface area contributed by atoms with Gasteiger partial charge in [0.2, 0.25) is 11.8 Å². The number of carboxylic acids is 1. The number of aromatic nitrogens is 4. The fourth-order valence-corrected chi connectivity index (χ4v) is 3.40. The maximum atomic E-state index is 13.0. The number of carbonyl (C=O) groups is 1. The first-order valence-electron chi connectivity index (χ1n) is 10.7. The van der Waals surface area contributed by atoms with E-state index in [9.17, 15) is 19.5 Å². The van der Waals surface area contributed by atoms with Crippen LogP contribution in [0.25, 0.3) is 0 Å². The number of benzene rings is 2. The third-order valence-corrected chi connectivity index (χ3v) is 5.25. The molecule has 4 rings (SSSR count). The number of halogens is 1. The van der Waals surface area contributed by atoms with Crippen molar-refractivity contribution >= 4 is 29.2 Å². The number of pyridine rings is 1. The van der Waals surface area contributed by atoms with Gasteiger partial charge in [0.25, 0.3) is 0 Å². The van der Waals surface area contributed by atoms with Crippen molar-refractivity contribution in [1.82, 2.24) is 19.1 Å². The summed E-state index contributed by atoms with van der Waals surface area (Å²) >= 11 is 5.95. The van der Waals surface area contributed by atoms with Crippen molar-refractivity contribution in [1.29, 1.82) is 0 Å². The lowest BCUT2D eigenvalue weighted by Gasteiger charge is -2.15.